The number of hydrogen-bond acceptors (Lipinski definition) is 4. The van der Waals surface area contributed by atoms with E-state index in [4.69, 9.17) is 11.6 Å². The molecule has 1 aliphatic rings. The predicted octanol–water partition coefficient (Wildman–Crippen LogP) is -1.09. The Bertz CT molecular complexity index is 101. The minimum absolute atomic E-state index is 0. The lowest BCUT2D eigenvalue weighted by molar-refractivity contribution is 0.479. The predicted molar refractivity (Wildman–Crippen MR) is 34.6 cm³/mol. The van der Waals surface area contributed by atoms with Crippen LogP contribution in [0.2, 0.25) is 0 Å². The Morgan fingerprint density at radius 1 is 1.62 bits per heavy atom. The first kappa shape index (κ1) is 7.52. The van der Waals surface area contributed by atoms with Gasteiger partial charge in [-0.2, -0.15) is 0 Å². The van der Waals surface area contributed by atoms with Crippen LogP contribution in [0.5, 0.6) is 0 Å². The molecule has 0 atom stereocenters. The first-order valence-corrected chi connectivity index (χ1v) is 2.13. The fraction of sp³-hybridized carbons (Fsp3) is 0.667. The molecule has 48 valence electrons. The van der Waals surface area contributed by atoms with E-state index in [0.717, 1.165) is 13.1 Å². The van der Waals surface area contributed by atoms with E-state index in [1.54, 1.807) is 0 Å². The SMILES string of the molecule is Cl.NC1=NCCN1N. The molecule has 1 aliphatic heterocycles. The molecular formula is C3H9ClN4. The quantitative estimate of drug-likeness (QED) is 0.416. The molecule has 0 bridgehead atoms. The van der Waals surface area contributed by atoms with Gasteiger partial charge in [-0.3, -0.25) is 10.0 Å². The summed E-state index contributed by atoms with van der Waals surface area (Å²) in [7, 11) is 0. The van der Waals surface area contributed by atoms with Gasteiger partial charge >= 0.3 is 0 Å². The van der Waals surface area contributed by atoms with E-state index >= 15 is 0 Å². The Hall–Kier alpha value is -0.480. The Morgan fingerprint density at radius 2 is 2.25 bits per heavy atom. The van der Waals surface area contributed by atoms with E-state index in [1.165, 1.54) is 5.01 Å². The zero-order valence-corrected chi connectivity index (χ0v) is 5.19. The zero-order chi connectivity index (χ0) is 5.28. The third-order valence-corrected chi connectivity index (χ3v) is 0.909. The van der Waals surface area contributed by atoms with Crippen molar-refractivity contribution in [3.8, 4) is 0 Å². The van der Waals surface area contributed by atoms with Crippen molar-refractivity contribution in [2.45, 2.75) is 0 Å². The van der Waals surface area contributed by atoms with Crippen molar-refractivity contribution in [1.29, 1.82) is 0 Å². The average Bonchev–Trinajstić information content (AvgIpc) is 1.91. The summed E-state index contributed by atoms with van der Waals surface area (Å²) in [6, 6.07) is 0. The van der Waals surface area contributed by atoms with Gasteiger partial charge < -0.3 is 5.73 Å². The highest BCUT2D eigenvalue weighted by Gasteiger charge is 2.06. The standard InChI is InChI=1S/C3H8N4.ClH/c4-3-6-1-2-7(3)5;/h1-2,5H2,(H2,4,6);1H. The number of halogens is 1. The minimum atomic E-state index is 0. The smallest absolute Gasteiger partial charge is 0.205 e. The summed E-state index contributed by atoms with van der Waals surface area (Å²) in [5.41, 5.74) is 5.23. The number of rotatable bonds is 0. The molecule has 0 aliphatic carbocycles. The number of aliphatic imine (C=N–C) groups is 1. The van der Waals surface area contributed by atoms with Gasteiger partial charge in [-0.05, 0) is 0 Å². The maximum absolute atomic E-state index is 5.26. The lowest BCUT2D eigenvalue weighted by Crippen LogP contribution is -2.39. The van der Waals surface area contributed by atoms with Crippen LogP contribution in [0, 0.1) is 0 Å². The van der Waals surface area contributed by atoms with E-state index in [0.29, 0.717) is 5.96 Å². The van der Waals surface area contributed by atoms with Crippen LogP contribution in [-0.2, 0) is 0 Å². The Balaban J connectivity index is 0.000000490. The number of nitrogens with two attached hydrogens (primary N) is 2. The average molecular weight is 137 g/mol. The van der Waals surface area contributed by atoms with Crippen molar-refractivity contribution < 1.29 is 0 Å². The van der Waals surface area contributed by atoms with Gasteiger partial charge in [0.05, 0.1) is 13.1 Å². The molecule has 4 nitrogen and oxygen atoms in total. The van der Waals surface area contributed by atoms with E-state index in [-0.39, 0.29) is 12.4 Å². The van der Waals surface area contributed by atoms with E-state index in [9.17, 15) is 0 Å². The van der Waals surface area contributed by atoms with Crippen LogP contribution in [-0.4, -0.2) is 24.1 Å². The molecule has 0 unspecified atom stereocenters. The minimum Gasteiger partial charge on any atom is -0.369 e. The highest BCUT2D eigenvalue weighted by molar-refractivity contribution is 5.85. The molecule has 0 aromatic heterocycles. The van der Waals surface area contributed by atoms with Gasteiger partial charge in [0.2, 0.25) is 5.96 Å². The van der Waals surface area contributed by atoms with Gasteiger partial charge in [-0.1, -0.05) is 0 Å². The molecular weight excluding hydrogens is 128 g/mol. The molecule has 4 N–H and O–H groups in total. The topological polar surface area (TPSA) is 67.6 Å². The number of hydrogen-bond donors (Lipinski definition) is 2. The fourth-order valence-electron chi connectivity index (χ4n) is 0.478. The summed E-state index contributed by atoms with van der Waals surface area (Å²) in [6.07, 6.45) is 0. The number of nitrogens with zero attached hydrogens (tertiary/aromatic N) is 2. The lowest BCUT2D eigenvalue weighted by atomic mass is 10.7. The molecule has 0 saturated carbocycles. The highest BCUT2D eigenvalue weighted by atomic mass is 35.5. The summed E-state index contributed by atoms with van der Waals surface area (Å²) in [6.45, 7) is 1.49. The molecule has 0 fully saturated rings. The molecule has 1 heterocycles. The van der Waals surface area contributed by atoms with Crippen molar-refractivity contribution in [2.24, 2.45) is 16.6 Å². The first-order chi connectivity index (χ1) is 3.30. The maximum atomic E-state index is 5.26. The summed E-state index contributed by atoms with van der Waals surface area (Å²) < 4.78 is 0. The van der Waals surface area contributed by atoms with Crippen LogP contribution < -0.4 is 11.6 Å². The monoisotopic (exact) mass is 136 g/mol. The second-order valence-corrected chi connectivity index (χ2v) is 1.43. The highest BCUT2D eigenvalue weighted by Crippen LogP contribution is 1.86. The van der Waals surface area contributed by atoms with Crippen molar-refractivity contribution in [2.75, 3.05) is 13.1 Å². The molecule has 0 aromatic rings. The van der Waals surface area contributed by atoms with E-state index < -0.39 is 0 Å². The second-order valence-electron chi connectivity index (χ2n) is 1.43. The Morgan fingerprint density at radius 3 is 2.38 bits per heavy atom. The van der Waals surface area contributed by atoms with Crippen LogP contribution >= 0.6 is 12.4 Å². The first-order valence-electron chi connectivity index (χ1n) is 2.13. The van der Waals surface area contributed by atoms with Gasteiger partial charge in [0.25, 0.3) is 0 Å². The molecule has 0 saturated heterocycles. The maximum Gasteiger partial charge on any atom is 0.205 e. The van der Waals surface area contributed by atoms with Crippen LogP contribution in [0.4, 0.5) is 0 Å². The molecule has 0 spiro atoms. The third-order valence-electron chi connectivity index (χ3n) is 0.909. The van der Waals surface area contributed by atoms with E-state index in [2.05, 4.69) is 4.99 Å². The second kappa shape index (κ2) is 2.74. The Labute approximate surface area is 53.9 Å². The molecule has 8 heavy (non-hydrogen) atoms. The fourth-order valence-corrected chi connectivity index (χ4v) is 0.478. The van der Waals surface area contributed by atoms with Crippen LogP contribution in [0.1, 0.15) is 0 Å². The zero-order valence-electron chi connectivity index (χ0n) is 4.37. The third kappa shape index (κ3) is 1.24. The van der Waals surface area contributed by atoms with E-state index in [1.807, 2.05) is 0 Å². The summed E-state index contributed by atoms with van der Waals surface area (Å²) in [4.78, 5) is 3.81. The van der Waals surface area contributed by atoms with Gasteiger partial charge in [0, 0.05) is 0 Å². The van der Waals surface area contributed by atoms with Crippen LogP contribution in [0.15, 0.2) is 4.99 Å². The molecule has 0 radical (unpaired) electrons. The van der Waals surface area contributed by atoms with Crippen molar-refractivity contribution in [1.82, 2.24) is 5.01 Å². The van der Waals surface area contributed by atoms with Gasteiger partial charge in [-0.25, -0.2) is 5.84 Å². The van der Waals surface area contributed by atoms with Crippen LogP contribution in [0.3, 0.4) is 0 Å². The molecule has 5 heteroatoms. The largest absolute Gasteiger partial charge is 0.369 e. The van der Waals surface area contributed by atoms with Crippen molar-refractivity contribution in [3.63, 3.8) is 0 Å². The molecule has 0 amide bonds. The normalized spacial score (nSPS) is 17.6. The summed E-state index contributed by atoms with van der Waals surface area (Å²) in [5, 5.41) is 1.43. The summed E-state index contributed by atoms with van der Waals surface area (Å²) in [5.74, 6) is 5.70. The molecule has 0 aromatic carbocycles. The number of hydrazine groups is 1. The van der Waals surface area contributed by atoms with Gasteiger partial charge in [0.15, 0.2) is 0 Å². The molecule has 1 rings (SSSR count). The van der Waals surface area contributed by atoms with Gasteiger partial charge in [-0.15, -0.1) is 12.4 Å². The van der Waals surface area contributed by atoms with Crippen LogP contribution in [0.25, 0.3) is 0 Å². The van der Waals surface area contributed by atoms with Crippen molar-refractivity contribution in [3.05, 3.63) is 0 Å². The van der Waals surface area contributed by atoms with Gasteiger partial charge in [0.1, 0.15) is 0 Å². The van der Waals surface area contributed by atoms with Crippen molar-refractivity contribution >= 4 is 18.4 Å². The lowest BCUT2D eigenvalue weighted by Gasteiger charge is -2.06. The summed E-state index contributed by atoms with van der Waals surface area (Å²) >= 11 is 0. The number of guanidine groups is 1. The Kier molecular flexibility index (Phi) is 2.57.